The van der Waals surface area contributed by atoms with Crippen molar-refractivity contribution in [2.24, 2.45) is 0 Å². The maximum atomic E-state index is 13.8. The molecule has 4 aromatic rings. The molecule has 2 heterocycles. The van der Waals surface area contributed by atoms with E-state index in [0.29, 0.717) is 10.9 Å². The number of benzene rings is 2. The molecule has 0 saturated heterocycles. The number of aromatic nitrogens is 3. The fourth-order valence-corrected chi connectivity index (χ4v) is 4.14. The molecule has 4 rings (SSSR count). The normalized spacial score (nSPS) is 11.3. The quantitative estimate of drug-likeness (QED) is 0.510. The van der Waals surface area contributed by atoms with Crippen LogP contribution in [0.25, 0.3) is 21.1 Å². The molecule has 0 amide bonds. The lowest BCUT2D eigenvalue weighted by molar-refractivity contribution is 0.636. The summed E-state index contributed by atoms with van der Waals surface area (Å²) < 4.78 is 15.8. The topological polar surface area (TPSA) is 38.7 Å². The summed E-state index contributed by atoms with van der Waals surface area (Å²) >= 11 is 3.04. The zero-order chi connectivity index (χ0) is 14.2. The van der Waals surface area contributed by atoms with Gasteiger partial charge >= 0.3 is 0 Å². The lowest BCUT2D eigenvalue weighted by Gasteiger charge is -2.02. The molecule has 102 valence electrons. The second-order valence-electron chi connectivity index (χ2n) is 4.36. The molecule has 0 N–H and O–H groups in total. The third-order valence-corrected chi connectivity index (χ3v) is 5.15. The van der Waals surface area contributed by atoms with Crippen molar-refractivity contribution in [3.05, 3.63) is 54.6 Å². The third-order valence-electron chi connectivity index (χ3n) is 3.04. The first-order chi connectivity index (χ1) is 10.3. The van der Waals surface area contributed by atoms with Gasteiger partial charge in [0.2, 0.25) is 0 Å². The van der Waals surface area contributed by atoms with E-state index >= 15 is 0 Å². The van der Waals surface area contributed by atoms with Gasteiger partial charge in [-0.15, -0.1) is 11.3 Å². The summed E-state index contributed by atoms with van der Waals surface area (Å²) in [6, 6.07) is 12.9. The predicted octanol–water partition coefficient (Wildman–Crippen LogP) is 4.53. The molecule has 0 aliphatic carbocycles. The number of hydrogen-bond acceptors (Lipinski definition) is 5. The van der Waals surface area contributed by atoms with Crippen molar-refractivity contribution in [2.75, 3.05) is 0 Å². The number of thiazole rings is 1. The number of halogens is 1. The van der Waals surface area contributed by atoms with E-state index in [2.05, 4.69) is 15.0 Å². The van der Waals surface area contributed by atoms with Crippen LogP contribution in [0, 0.1) is 5.82 Å². The molecule has 0 radical (unpaired) electrons. The average molecular weight is 313 g/mol. The highest BCUT2D eigenvalue weighted by molar-refractivity contribution is 8.01. The van der Waals surface area contributed by atoms with Gasteiger partial charge in [0.05, 0.1) is 10.2 Å². The van der Waals surface area contributed by atoms with Crippen molar-refractivity contribution in [3.8, 4) is 0 Å². The molecule has 0 unspecified atom stereocenters. The highest BCUT2D eigenvalue weighted by Crippen LogP contribution is 2.36. The van der Waals surface area contributed by atoms with Gasteiger partial charge in [0.15, 0.2) is 4.34 Å². The maximum Gasteiger partial charge on any atom is 0.157 e. The highest BCUT2D eigenvalue weighted by Gasteiger charge is 2.11. The van der Waals surface area contributed by atoms with E-state index in [1.807, 2.05) is 30.3 Å². The van der Waals surface area contributed by atoms with Crippen LogP contribution >= 0.6 is 23.1 Å². The zero-order valence-electron chi connectivity index (χ0n) is 10.7. The first-order valence-electron chi connectivity index (χ1n) is 6.24. The summed E-state index contributed by atoms with van der Waals surface area (Å²) in [5.41, 5.74) is 1.31. The van der Waals surface area contributed by atoms with Crippen molar-refractivity contribution in [1.82, 2.24) is 15.0 Å². The van der Waals surface area contributed by atoms with E-state index in [1.54, 1.807) is 17.4 Å². The number of nitrogens with zero attached hydrogens (tertiary/aromatic N) is 3. The van der Waals surface area contributed by atoms with Gasteiger partial charge in [0, 0.05) is 5.39 Å². The second kappa shape index (κ2) is 5.05. The van der Waals surface area contributed by atoms with Gasteiger partial charge in [0.25, 0.3) is 0 Å². The van der Waals surface area contributed by atoms with Crippen LogP contribution in [0.4, 0.5) is 4.39 Å². The van der Waals surface area contributed by atoms with Crippen molar-refractivity contribution < 1.29 is 4.39 Å². The van der Waals surface area contributed by atoms with Crippen LogP contribution < -0.4 is 0 Å². The van der Waals surface area contributed by atoms with E-state index in [1.165, 1.54) is 24.2 Å². The molecule has 0 aliphatic rings. The van der Waals surface area contributed by atoms with Crippen LogP contribution in [0.5, 0.6) is 0 Å². The molecule has 6 heteroatoms. The Morgan fingerprint density at radius 1 is 1.00 bits per heavy atom. The molecule has 0 saturated carbocycles. The highest BCUT2D eigenvalue weighted by atomic mass is 32.2. The van der Waals surface area contributed by atoms with E-state index in [4.69, 9.17) is 0 Å². The van der Waals surface area contributed by atoms with Gasteiger partial charge in [-0.25, -0.2) is 19.3 Å². The van der Waals surface area contributed by atoms with Gasteiger partial charge in [0.1, 0.15) is 22.7 Å². The molecule has 0 fully saturated rings. The fourth-order valence-electron chi connectivity index (χ4n) is 2.09. The van der Waals surface area contributed by atoms with Crippen LogP contribution in [0.3, 0.4) is 0 Å². The third kappa shape index (κ3) is 2.26. The summed E-state index contributed by atoms with van der Waals surface area (Å²) in [7, 11) is 0. The second-order valence-corrected chi connectivity index (χ2v) is 6.63. The Kier molecular flexibility index (Phi) is 3.05. The Hall–Kier alpha value is -2.05. The van der Waals surface area contributed by atoms with Gasteiger partial charge in [-0.2, -0.15) is 0 Å². The van der Waals surface area contributed by atoms with E-state index in [9.17, 15) is 4.39 Å². The molecule has 0 aliphatic heterocycles. The summed E-state index contributed by atoms with van der Waals surface area (Å²) in [5, 5.41) is 1.43. The first-order valence-corrected chi connectivity index (χ1v) is 7.87. The van der Waals surface area contributed by atoms with Crippen LogP contribution in [-0.2, 0) is 0 Å². The number of para-hydroxylation sites is 2. The first kappa shape index (κ1) is 12.7. The van der Waals surface area contributed by atoms with E-state index in [-0.39, 0.29) is 5.82 Å². The van der Waals surface area contributed by atoms with Crippen molar-refractivity contribution >= 4 is 44.2 Å². The standard InChI is InChI=1S/C15H8FN3S2/c16-10-5-3-4-9-13(10)17-8-18-14(9)21-15-19-11-6-1-2-7-12(11)20-15/h1-8H. The number of fused-ring (bicyclic) bond motifs is 2. The van der Waals surface area contributed by atoms with Crippen molar-refractivity contribution in [1.29, 1.82) is 0 Å². The largest absolute Gasteiger partial charge is 0.233 e. The molecular formula is C15H8FN3S2. The van der Waals surface area contributed by atoms with Gasteiger partial charge in [-0.05, 0) is 36.0 Å². The molecule has 0 atom stereocenters. The van der Waals surface area contributed by atoms with Crippen LogP contribution in [0.15, 0.2) is 58.2 Å². The minimum absolute atomic E-state index is 0.332. The summed E-state index contributed by atoms with van der Waals surface area (Å²) in [6.07, 6.45) is 1.39. The maximum absolute atomic E-state index is 13.8. The SMILES string of the molecule is Fc1cccc2c(Sc3nc4ccccc4s3)ncnc12. The monoisotopic (exact) mass is 313 g/mol. The van der Waals surface area contributed by atoms with Crippen molar-refractivity contribution in [3.63, 3.8) is 0 Å². The Balaban J connectivity index is 1.82. The lowest BCUT2D eigenvalue weighted by Crippen LogP contribution is -1.89. The summed E-state index contributed by atoms with van der Waals surface area (Å²) in [4.78, 5) is 12.8. The number of rotatable bonds is 2. The smallest absolute Gasteiger partial charge is 0.157 e. The summed E-state index contributed by atoms with van der Waals surface area (Å²) in [5.74, 6) is -0.332. The molecule has 21 heavy (non-hydrogen) atoms. The Morgan fingerprint density at radius 3 is 2.81 bits per heavy atom. The fraction of sp³-hybridized carbons (Fsp3) is 0. The van der Waals surface area contributed by atoms with Crippen LogP contribution in [-0.4, -0.2) is 15.0 Å². The Morgan fingerprint density at radius 2 is 1.90 bits per heavy atom. The van der Waals surface area contributed by atoms with Gasteiger partial charge < -0.3 is 0 Å². The zero-order valence-corrected chi connectivity index (χ0v) is 12.3. The molecular weight excluding hydrogens is 305 g/mol. The summed E-state index contributed by atoms with van der Waals surface area (Å²) in [6.45, 7) is 0. The van der Waals surface area contributed by atoms with E-state index < -0.39 is 0 Å². The Labute approximate surface area is 127 Å². The Bertz CT molecular complexity index is 919. The molecule has 0 spiro atoms. The molecule has 0 bridgehead atoms. The molecule has 3 nitrogen and oxygen atoms in total. The molecule has 2 aromatic carbocycles. The van der Waals surface area contributed by atoms with Gasteiger partial charge in [-0.1, -0.05) is 18.2 Å². The van der Waals surface area contributed by atoms with Gasteiger partial charge in [-0.3, -0.25) is 0 Å². The predicted molar refractivity (Wildman–Crippen MR) is 83.2 cm³/mol. The van der Waals surface area contributed by atoms with Crippen molar-refractivity contribution in [2.45, 2.75) is 9.37 Å². The van der Waals surface area contributed by atoms with E-state index in [0.717, 1.165) is 19.6 Å². The van der Waals surface area contributed by atoms with Crippen LogP contribution in [0.2, 0.25) is 0 Å². The molecule has 2 aromatic heterocycles. The van der Waals surface area contributed by atoms with Crippen LogP contribution in [0.1, 0.15) is 0 Å². The minimum Gasteiger partial charge on any atom is -0.233 e. The number of hydrogen-bond donors (Lipinski definition) is 0. The lowest BCUT2D eigenvalue weighted by atomic mass is 10.2. The average Bonchev–Trinajstić information content (AvgIpc) is 2.90. The minimum atomic E-state index is -0.332.